The van der Waals surface area contributed by atoms with Crippen LogP contribution in [0.1, 0.15) is 26.3 Å². The minimum atomic E-state index is 0. The number of guanidine groups is 1. The summed E-state index contributed by atoms with van der Waals surface area (Å²) in [4.78, 5) is 6.40. The lowest BCUT2D eigenvalue weighted by Gasteiger charge is -2.27. The van der Waals surface area contributed by atoms with E-state index in [1.54, 1.807) is 0 Å². The maximum atomic E-state index is 5.96. The van der Waals surface area contributed by atoms with Gasteiger partial charge in [-0.25, -0.2) is 4.99 Å². The molecule has 1 aliphatic heterocycles. The Morgan fingerprint density at radius 3 is 2.39 bits per heavy atom. The van der Waals surface area contributed by atoms with Gasteiger partial charge in [-0.1, -0.05) is 32.9 Å². The lowest BCUT2D eigenvalue weighted by Crippen LogP contribution is -2.45. The van der Waals surface area contributed by atoms with Gasteiger partial charge >= 0.3 is 0 Å². The molecule has 0 amide bonds. The fraction of sp³-hybridized carbons (Fsp3) is 0.588. The molecule has 2 rings (SSSR count). The summed E-state index contributed by atoms with van der Waals surface area (Å²) in [7, 11) is 0. The lowest BCUT2D eigenvalue weighted by atomic mass is 9.87. The highest BCUT2D eigenvalue weighted by atomic mass is 127. The third kappa shape index (κ3) is 6.55. The van der Waals surface area contributed by atoms with Gasteiger partial charge in [-0.05, 0) is 23.1 Å². The van der Waals surface area contributed by atoms with E-state index in [9.17, 15) is 0 Å². The molecule has 0 aromatic heterocycles. The van der Waals surface area contributed by atoms with Crippen LogP contribution in [-0.4, -0.2) is 50.3 Å². The van der Waals surface area contributed by atoms with Gasteiger partial charge in [-0.2, -0.15) is 0 Å². The normalized spacial score (nSPS) is 16.0. The van der Waals surface area contributed by atoms with E-state index in [0.29, 0.717) is 32.3 Å². The predicted molar refractivity (Wildman–Crippen MR) is 105 cm³/mol. The average molecular weight is 433 g/mol. The molecule has 6 heteroatoms. The van der Waals surface area contributed by atoms with E-state index in [0.717, 1.165) is 18.8 Å². The Balaban J connectivity index is 0.00000264. The van der Waals surface area contributed by atoms with Crippen molar-refractivity contribution in [2.45, 2.75) is 26.2 Å². The lowest BCUT2D eigenvalue weighted by molar-refractivity contribution is 0.0674. The van der Waals surface area contributed by atoms with Gasteiger partial charge < -0.3 is 20.1 Å². The monoisotopic (exact) mass is 433 g/mol. The van der Waals surface area contributed by atoms with Crippen LogP contribution < -0.4 is 10.5 Å². The summed E-state index contributed by atoms with van der Waals surface area (Å²) in [5, 5.41) is 0. The third-order valence-corrected chi connectivity index (χ3v) is 3.69. The van der Waals surface area contributed by atoms with E-state index in [1.165, 1.54) is 5.56 Å². The number of morpholine rings is 1. The van der Waals surface area contributed by atoms with Crippen LogP contribution in [0.4, 0.5) is 0 Å². The van der Waals surface area contributed by atoms with Crippen molar-refractivity contribution in [3.63, 3.8) is 0 Å². The van der Waals surface area contributed by atoms with Crippen LogP contribution in [0.2, 0.25) is 0 Å². The van der Waals surface area contributed by atoms with Crippen molar-refractivity contribution in [2.24, 2.45) is 10.7 Å². The Kier molecular flexibility index (Phi) is 8.11. The van der Waals surface area contributed by atoms with Crippen LogP contribution >= 0.6 is 24.0 Å². The van der Waals surface area contributed by atoms with E-state index in [1.807, 2.05) is 17.0 Å². The molecule has 2 N–H and O–H groups in total. The molecule has 0 saturated carbocycles. The van der Waals surface area contributed by atoms with Crippen LogP contribution in [0.3, 0.4) is 0 Å². The van der Waals surface area contributed by atoms with Crippen molar-refractivity contribution in [3.05, 3.63) is 29.8 Å². The number of ether oxygens (including phenoxy) is 2. The van der Waals surface area contributed by atoms with Crippen molar-refractivity contribution in [1.82, 2.24) is 4.90 Å². The molecule has 0 unspecified atom stereocenters. The number of halogens is 1. The Hall–Kier alpha value is -1.02. The highest BCUT2D eigenvalue weighted by Gasteiger charge is 2.13. The minimum absolute atomic E-state index is 0. The molecular weight excluding hydrogens is 405 g/mol. The first kappa shape index (κ1) is 20.0. The van der Waals surface area contributed by atoms with Crippen LogP contribution in [0, 0.1) is 0 Å². The second kappa shape index (κ2) is 9.32. The minimum Gasteiger partial charge on any atom is -0.492 e. The van der Waals surface area contributed by atoms with Gasteiger partial charge in [0.15, 0.2) is 5.96 Å². The summed E-state index contributed by atoms with van der Waals surface area (Å²) in [6, 6.07) is 8.24. The molecule has 130 valence electrons. The van der Waals surface area contributed by atoms with E-state index >= 15 is 0 Å². The van der Waals surface area contributed by atoms with Crippen molar-refractivity contribution in [2.75, 3.05) is 39.5 Å². The van der Waals surface area contributed by atoms with E-state index in [-0.39, 0.29) is 29.4 Å². The summed E-state index contributed by atoms with van der Waals surface area (Å²) in [6.07, 6.45) is 0. The fourth-order valence-corrected chi connectivity index (χ4v) is 2.27. The number of aliphatic imine (C=N–C) groups is 1. The predicted octanol–water partition coefficient (Wildman–Crippen LogP) is 2.63. The number of hydrogen-bond acceptors (Lipinski definition) is 3. The molecule has 0 bridgehead atoms. The molecule has 0 aliphatic carbocycles. The van der Waals surface area contributed by atoms with E-state index < -0.39 is 0 Å². The van der Waals surface area contributed by atoms with E-state index in [2.05, 4.69) is 37.9 Å². The van der Waals surface area contributed by atoms with Gasteiger partial charge in [0.25, 0.3) is 0 Å². The van der Waals surface area contributed by atoms with Gasteiger partial charge in [0.1, 0.15) is 12.4 Å². The standard InChI is InChI=1S/C17H27N3O2.HI/c1-17(2,3)14-4-6-15(7-5-14)22-11-8-19-16(18)20-9-12-21-13-10-20;/h4-7H,8-13H2,1-3H3,(H2,18,19);1H. The topological polar surface area (TPSA) is 60.1 Å². The Morgan fingerprint density at radius 1 is 1.22 bits per heavy atom. The van der Waals surface area contributed by atoms with Crippen LogP contribution in [0.25, 0.3) is 0 Å². The largest absolute Gasteiger partial charge is 0.492 e. The molecule has 1 saturated heterocycles. The molecule has 23 heavy (non-hydrogen) atoms. The number of benzene rings is 1. The molecule has 1 heterocycles. The molecule has 0 atom stereocenters. The van der Waals surface area contributed by atoms with Crippen molar-refractivity contribution in [3.8, 4) is 5.75 Å². The first-order chi connectivity index (χ1) is 10.5. The van der Waals surface area contributed by atoms with E-state index in [4.69, 9.17) is 15.2 Å². The summed E-state index contributed by atoms with van der Waals surface area (Å²) >= 11 is 0. The highest BCUT2D eigenvalue weighted by Crippen LogP contribution is 2.24. The highest BCUT2D eigenvalue weighted by molar-refractivity contribution is 14.0. The van der Waals surface area contributed by atoms with Gasteiger partial charge in [0, 0.05) is 13.1 Å². The van der Waals surface area contributed by atoms with Gasteiger partial charge in [0.05, 0.1) is 19.8 Å². The SMILES string of the molecule is CC(C)(C)c1ccc(OCCN=C(N)N2CCOCC2)cc1.I. The summed E-state index contributed by atoms with van der Waals surface area (Å²) in [6.45, 7) is 10.7. The smallest absolute Gasteiger partial charge is 0.191 e. The quantitative estimate of drug-likeness (QED) is 0.343. The molecule has 0 radical (unpaired) electrons. The maximum Gasteiger partial charge on any atom is 0.191 e. The van der Waals surface area contributed by atoms with Gasteiger partial charge in [-0.3, -0.25) is 0 Å². The van der Waals surface area contributed by atoms with Crippen LogP contribution in [-0.2, 0) is 10.2 Å². The van der Waals surface area contributed by atoms with Gasteiger partial charge in [-0.15, -0.1) is 24.0 Å². The fourth-order valence-electron chi connectivity index (χ4n) is 2.27. The molecule has 1 aliphatic rings. The van der Waals surface area contributed by atoms with Crippen molar-refractivity contribution >= 4 is 29.9 Å². The summed E-state index contributed by atoms with van der Waals surface area (Å²) < 4.78 is 11.0. The number of hydrogen-bond donors (Lipinski definition) is 1. The molecule has 1 aromatic rings. The summed E-state index contributed by atoms with van der Waals surface area (Å²) in [5.74, 6) is 1.45. The van der Waals surface area contributed by atoms with Crippen molar-refractivity contribution < 1.29 is 9.47 Å². The Labute approximate surface area is 156 Å². The zero-order valence-electron chi connectivity index (χ0n) is 14.2. The molecule has 5 nitrogen and oxygen atoms in total. The number of nitrogens with two attached hydrogens (primary N) is 1. The second-order valence-electron chi connectivity index (χ2n) is 6.46. The zero-order valence-corrected chi connectivity index (χ0v) is 16.6. The molecule has 0 spiro atoms. The molecule has 1 aromatic carbocycles. The molecular formula is C17H28IN3O2. The maximum absolute atomic E-state index is 5.96. The van der Waals surface area contributed by atoms with Crippen LogP contribution in [0.5, 0.6) is 5.75 Å². The zero-order chi connectivity index (χ0) is 16.0. The second-order valence-corrected chi connectivity index (χ2v) is 6.46. The third-order valence-electron chi connectivity index (χ3n) is 3.69. The van der Waals surface area contributed by atoms with Crippen LogP contribution in [0.15, 0.2) is 29.3 Å². The average Bonchev–Trinajstić information content (AvgIpc) is 2.52. The summed E-state index contributed by atoms with van der Waals surface area (Å²) in [5.41, 5.74) is 7.42. The molecule has 1 fully saturated rings. The first-order valence-corrected chi connectivity index (χ1v) is 7.83. The van der Waals surface area contributed by atoms with Crippen molar-refractivity contribution in [1.29, 1.82) is 0 Å². The van der Waals surface area contributed by atoms with Gasteiger partial charge in [0.2, 0.25) is 0 Å². The first-order valence-electron chi connectivity index (χ1n) is 7.83. The number of nitrogens with zero attached hydrogens (tertiary/aromatic N) is 2. The number of rotatable bonds is 4. The Bertz CT molecular complexity index is 492. The Morgan fingerprint density at radius 2 is 1.83 bits per heavy atom.